The Morgan fingerprint density at radius 3 is 2.58 bits per heavy atom. The van der Waals surface area contributed by atoms with Crippen molar-refractivity contribution in [3.8, 4) is 5.75 Å². The van der Waals surface area contributed by atoms with E-state index in [2.05, 4.69) is 0 Å². The van der Waals surface area contributed by atoms with Crippen molar-refractivity contribution in [3.63, 3.8) is 0 Å². The third kappa shape index (κ3) is 4.67. The van der Waals surface area contributed by atoms with Crippen molar-refractivity contribution in [2.24, 2.45) is 0 Å². The number of methoxy groups -OCH3 is 1. The molecule has 0 atom stereocenters. The van der Waals surface area contributed by atoms with Crippen LogP contribution in [0, 0.1) is 6.92 Å². The van der Waals surface area contributed by atoms with Gasteiger partial charge in [0, 0.05) is 12.2 Å². The van der Waals surface area contributed by atoms with E-state index in [-0.39, 0.29) is 23.7 Å². The molecule has 0 bridgehead atoms. The number of hydrogen-bond acceptors (Lipinski definition) is 4. The SMILES string of the molecule is CCS(=O)(=O)CCCC(=O)c1cc(C)ccc1OC. The summed E-state index contributed by atoms with van der Waals surface area (Å²) in [4.78, 5) is 12.1. The highest BCUT2D eigenvalue weighted by Crippen LogP contribution is 2.21. The number of hydrogen-bond donors (Lipinski definition) is 0. The molecule has 0 radical (unpaired) electrons. The van der Waals surface area contributed by atoms with Gasteiger partial charge in [-0.25, -0.2) is 8.42 Å². The number of aryl methyl sites for hydroxylation is 1. The molecule has 0 spiro atoms. The molecule has 0 aliphatic rings. The molecule has 106 valence electrons. The summed E-state index contributed by atoms with van der Waals surface area (Å²) in [7, 11) is -1.49. The third-order valence-corrected chi connectivity index (χ3v) is 4.74. The lowest BCUT2D eigenvalue weighted by Crippen LogP contribution is -2.11. The second-order valence-electron chi connectivity index (χ2n) is 4.47. The Morgan fingerprint density at radius 2 is 2.00 bits per heavy atom. The summed E-state index contributed by atoms with van der Waals surface area (Å²) < 4.78 is 27.9. The van der Waals surface area contributed by atoms with Crippen LogP contribution in [0.25, 0.3) is 0 Å². The maximum Gasteiger partial charge on any atom is 0.166 e. The Hall–Kier alpha value is -1.36. The molecule has 0 unspecified atom stereocenters. The number of sulfone groups is 1. The van der Waals surface area contributed by atoms with Crippen LogP contribution in [0.15, 0.2) is 18.2 Å². The molecule has 4 nitrogen and oxygen atoms in total. The Labute approximate surface area is 114 Å². The molecule has 0 saturated carbocycles. The fraction of sp³-hybridized carbons (Fsp3) is 0.500. The number of ether oxygens (including phenoxy) is 1. The molecule has 5 heteroatoms. The summed E-state index contributed by atoms with van der Waals surface area (Å²) in [5.74, 6) is 0.638. The summed E-state index contributed by atoms with van der Waals surface area (Å²) in [6.45, 7) is 3.51. The zero-order valence-electron chi connectivity index (χ0n) is 11.6. The number of carbonyl (C=O) groups excluding carboxylic acids is 1. The number of Topliss-reactive ketones (excluding diaryl/α,β-unsaturated/α-hetero) is 1. The van der Waals surface area contributed by atoms with Crippen LogP contribution >= 0.6 is 0 Å². The summed E-state index contributed by atoms with van der Waals surface area (Å²) in [5.41, 5.74) is 1.50. The minimum Gasteiger partial charge on any atom is -0.496 e. The first-order chi connectivity index (χ1) is 8.89. The van der Waals surface area contributed by atoms with Gasteiger partial charge in [0.2, 0.25) is 0 Å². The van der Waals surface area contributed by atoms with Crippen LogP contribution in [-0.2, 0) is 9.84 Å². The topological polar surface area (TPSA) is 60.4 Å². The number of carbonyl (C=O) groups is 1. The Morgan fingerprint density at radius 1 is 1.32 bits per heavy atom. The number of benzene rings is 1. The van der Waals surface area contributed by atoms with Crippen molar-refractivity contribution in [3.05, 3.63) is 29.3 Å². The quantitative estimate of drug-likeness (QED) is 0.721. The van der Waals surface area contributed by atoms with Crippen molar-refractivity contribution in [2.75, 3.05) is 18.6 Å². The fourth-order valence-electron chi connectivity index (χ4n) is 1.77. The highest BCUT2D eigenvalue weighted by molar-refractivity contribution is 7.91. The molecule has 0 aliphatic heterocycles. The Bertz CT molecular complexity index is 547. The third-order valence-electron chi connectivity index (χ3n) is 2.95. The van der Waals surface area contributed by atoms with Crippen molar-refractivity contribution in [1.82, 2.24) is 0 Å². The second-order valence-corrected chi connectivity index (χ2v) is 6.94. The highest BCUT2D eigenvalue weighted by Gasteiger charge is 2.14. The molecule has 1 rings (SSSR count). The molecule has 0 heterocycles. The van der Waals surface area contributed by atoms with E-state index in [0.717, 1.165) is 5.56 Å². The van der Waals surface area contributed by atoms with Crippen LogP contribution in [0.2, 0.25) is 0 Å². The first-order valence-electron chi connectivity index (χ1n) is 6.28. The summed E-state index contributed by atoms with van der Waals surface area (Å²) in [6.07, 6.45) is 0.575. The van der Waals surface area contributed by atoms with Crippen LogP contribution in [0.1, 0.15) is 35.7 Å². The first-order valence-corrected chi connectivity index (χ1v) is 8.10. The van der Waals surface area contributed by atoms with E-state index < -0.39 is 9.84 Å². The van der Waals surface area contributed by atoms with Crippen molar-refractivity contribution < 1.29 is 17.9 Å². The molecule has 0 aliphatic carbocycles. The van der Waals surface area contributed by atoms with E-state index in [1.807, 2.05) is 13.0 Å². The minimum absolute atomic E-state index is 0.0589. The average Bonchev–Trinajstić information content (AvgIpc) is 2.38. The molecule has 0 amide bonds. The zero-order chi connectivity index (χ0) is 14.5. The molecule has 1 aromatic rings. The highest BCUT2D eigenvalue weighted by atomic mass is 32.2. The van der Waals surface area contributed by atoms with Gasteiger partial charge in [0.05, 0.1) is 18.4 Å². The van der Waals surface area contributed by atoms with E-state index in [0.29, 0.717) is 17.7 Å². The molecular formula is C14H20O4S. The predicted molar refractivity (Wildman–Crippen MR) is 75.6 cm³/mol. The van der Waals surface area contributed by atoms with Gasteiger partial charge < -0.3 is 4.74 Å². The summed E-state index contributed by atoms with van der Waals surface area (Å²) in [6, 6.07) is 5.40. The second kappa shape index (κ2) is 6.70. The van der Waals surface area contributed by atoms with Crippen LogP contribution in [0.4, 0.5) is 0 Å². The molecule has 0 N–H and O–H groups in total. The number of rotatable bonds is 7. The van der Waals surface area contributed by atoms with Crippen molar-refractivity contribution in [2.45, 2.75) is 26.7 Å². The summed E-state index contributed by atoms with van der Waals surface area (Å²) in [5, 5.41) is 0. The van der Waals surface area contributed by atoms with Gasteiger partial charge >= 0.3 is 0 Å². The zero-order valence-corrected chi connectivity index (χ0v) is 12.4. The molecule has 0 saturated heterocycles. The van der Waals surface area contributed by atoms with Crippen LogP contribution in [0.5, 0.6) is 5.75 Å². The van der Waals surface area contributed by atoms with E-state index in [4.69, 9.17) is 4.74 Å². The lowest BCUT2D eigenvalue weighted by atomic mass is 10.0. The van der Waals surface area contributed by atoms with Gasteiger partial charge in [-0.1, -0.05) is 18.6 Å². The van der Waals surface area contributed by atoms with Gasteiger partial charge in [0.25, 0.3) is 0 Å². The lowest BCUT2D eigenvalue weighted by molar-refractivity contribution is 0.0979. The Kier molecular flexibility index (Phi) is 5.54. The van der Waals surface area contributed by atoms with Crippen LogP contribution in [0.3, 0.4) is 0 Å². The maximum absolute atomic E-state index is 12.1. The monoisotopic (exact) mass is 284 g/mol. The van der Waals surface area contributed by atoms with Crippen molar-refractivity contribution in [1.29, 1.82) is 0 Å². The maximum atomic E-state index is 12.1. The van der Waals surface area contributed by atoms with Crippen molar-refractivity contribution >= 4 is 15.6 Å². The summed E-state index contributed by atoms with van der Waals surface area (Å²) >= 11 is 0. The van der Waals surface area contributed by atoms with Gasteiger partial charge in [0.15, 0.2) is 5.78 Å². The smallest absolute Gasteiger partial charge is 0.166 e. The largest absolute Gasteiger partial charge is 0.496 e. The average molecular weight is 284 g/mol. The van der Waals surface area contributed by atoms with Gasteiger partial charge in [-0.15, -0.1) is 0 Å². The fourth-order valence-corrected chi connectivity index (χ4v) is 2.64. The van der Waals surface area contributed by atoms with Gasteiger partial charge in [-0.2, -0.15) is 0 Å². The van der Waals surface area contributed by atoms with E-state index in [1.54, 1.807) is 19.1 Å². The van der Waals surface area contributed by atoms with E-state index in [1.165, 1.54) is 7.11 Å². The molecule has 19 heavy (non-hydrogen) atoms. The van der Waals surface area contributed by atoms with E-state index in [9.17, 15) is 13.2 Å². The van der Waals surface area contributed by atoms with Crippen LogP contribution < -0.4 is 4.74 Å². The normalized spacial score (nSPS) is 11.3. The van der Waals surface area contributed by atoms with Gasteiger partial charge in [-0.3, -0.25) is 4.79 Å². The first kappa shape index (κ1) is 15.7. The Balaban J connectivity index is 2.71. The minimum atomic E-state index is -3.00. The predicted octanol–water partition coefficient (Wildman–Crippen LogP) is 2.40. The standard InChI is InChI=1S/C14H20O4S/c1-4-19(16,17)9-5-6-13(15)12-10-11(2)7-8-14(12)18-3/h7-8,10H,4-6,9H2,1-3H3. The van der Waals surface area contributed by atoms with Gasteiger partial charge in [0.1, 0.15) is 15.6 Å². The van der Waals surface area contributed by atoms with Gasteiger partial charge in [-0.05, 0) is 25.5 Å². The van der Waals surface area contributed by atoms with E-state index >= 15 is 0 Å². The molecule has 0 aromatic heterocycles. The molecule has 0 fully saturated rings. The number of ketones is 1. The van der Waals surface area contributed by atoms with Crippen LogP contribution in [-0.4, -0.2) is 32.8 Å². The molecular weight excluding hydrogens is 264 g/mol. The molecule has 1 aromatic carbocycles. The lowest BCUT2D eigenvalue weighted by Gasteiger charge is -2.08.